The van der Waals surface area contributed by atoms with Crippen LogP contribution in [-0.4, -0.2) is 35.1 Å². The van der Waals surface area contributed by atoms with Crippen LogP contribution >= 0.6 is 0 Å². The van der Waals surface area contributed by atoms with Crippen molar-refractivity contribution in [2.45, 2.75) is 26.4 Å². The first kappa shape index (κ1) is 17.8. The fourth-order valence-electron chi connectivity index (χ4n) is 2.67. The van der Waals surface area contributed by atoms with Gasteiger partial charge in [0.25, 0.3) is 5.91 Å². The predicted octanol–water partition coefficient (Wildman–Crippen LogP) is 3.10. The fourth-order valence-corrected chi connectivity index (χ4v) is 2.67. The van der Waals surface area contributed by atoms with Crippen LogP contribution in [0.5, 0.6) is 11.5 Å². The topological polar surface area (TPSA) is 64.9 Å². The van der Waals surface area contributed by atoms with E-state index < -0.39 is 0 Å². The number of pyridine rings is 1. The lowest BCUT2D eigenvalue weighted by molar-refractivity contribution is 0.0953. The van der Waals surface area contributed by atoms with Gasteiger partial charge in [0.05, 0.1) is 18.9 Å². The molecule has 0 fully saturated rings. The highest BCUT2D eigenvalue weighted by atomic mass is 16.5. The number of aromatic nitrogens is 2. The lowest BCUT2D eigenvalue weighted by Gasteiger charge is -2.14. The van der Waals surface area contributed by atoms with Gasteiger partial charge in [0.1, 0.15) is 5.65 Å². The van der Waals surface area contributed by atoms with Gasteiger partial charge in [0, 0.05) is 30.9 Å². The summed E-state index contributed by atoms with van der Waals surface area (Å²) in [6, 6.07) is 11.1. The van der Waals surface area contributed by atoms with Crippen molar-refractivity contribution < 1.29 is 14.3 Å². The van der Waals surface area contributed by atoms with E-state index in [4.69, 9.17) is 9.47 Å². The smallest absolute Gasteiger partial charge is 0.251 e. The van der Waals surface area contributed by atoms with E-state index in [1.54, 1.807) is 25.3 Å². The van der Waals surface area contributed by atoms with E-state index in [0.29, 0.717) is 30.0 Å². The summed E-state index contributed by atoms with van der Waals surface area (Å²) in [6.45, 7) is 4.40. The average Bonchev–Trinajstić information content (AvgIpc) is 3.04. The standard InChI is InChI=1S/C20H23N3O3/c1-14(2)26-17-8-7-15(12-18(17)25-3)20(24)21-10-9-16-13-23-11-5-4-6-19(23)22-16/h4-8,11-14H,9-10H2,1-3H3,(H,21,24). The first-order valence-electron chi connectivity index (χ1n) is 8.62. The van der Waals surface area contributed by atoms with Crippen molar-refractivity contribution in [3.8, 4) is 11.5 Å². The normalized spacial score (nSPS) is 10.9. The Hall–Kier alpha value is -3.02. The number of methoxy groups -OCH3 is 1. The molecular weight excluding hydrogens is 330 g/mol. The number of amides is 1. The lowest BCUT2D eigenvalue weighted by Crippen LogP contribution is -2.25. The Morgan fingerprint density at radius 3 is 2.81 bits per heavy atom. The minimum atomic E-state index is -0.150. The molecule has 136 valence electrons. The summed E-state index contributed by atoms with van der Waals surface area (Å²) >= 11 is 0. The highest BCUT2D eigenvalue weighted by Gasteiger charge is 2.12. The molecule has 1 aromatic carbocycles. The molecule has 0 atom stereocenters. The molecule has 0 radical (unpaired) electrons. The third kappa shape index (κ3) is 4.14. The quantitative estimate of drug-likeness (QED) is 0.709. The summed E-state index contributed by atoms with van der Waals surface area (Å²) in [6.07, 6.45) is 4.63. The molecule has 6 heteroatoms. The summed E-state index contributed by atoms with van der Waals surface area (Å²) in [5.41, 5.74) is 2.38. The van der Waals surface area contributed by atoms with E-state index >= 15 is 0 Å². The molecule has 1 amide bonds. The number of hydrogen-bond acceptors (Lipinski definition) is 4. The zero-order valence-corrected chi connectivity index (χ0v) is 15.2. The fraction of sp³-hybridized carbons (Fsp3) is 0.300. The van der Waals surface area contributed by atoms with Crippen LogP contribution in [0.25, 0.3) is 5.65 Å². The van der Waals surface area contributed by atoms with E-state index in [0.717, 1.165) is 11.3 Å². The van der Waals surface area contributed by atoms with Crippen LogP contribution in [0.3, 0.4) is 0 Å². The van der Waals surface area contributed by atoms with Gasteiger partial charge in [-0.2, -0.15) is 0 Å². The van der Waals surface area contributed by atoms with Crippen molar-refractivity contribution >= 4 is 11.6 Å². The Morgan fingerprint density at radius 2 is 2.08 bits per heavy atom. The van der Waals surface area contributed by atoms with E-state index in [-0.39, 0.29) is 12.0 Å². The van der Waals surface area contributed by atoms with Crippen molar-refractivity contribution in [1.29, 1.82) is 0 Å². The number of imidazole rings is 1. The van der Waals surface area contributed by atoms with Crippen LogP contribution < -0.4 is 14.8 Å². The Morgan fingerprint density at radius 1 is 1.23 bits per heavy atom. The largest absolute Gasteiger partial charge is 0.493 e. The third-order valence-electron chi connectivity index (χ3n) is 3.87. The van der Waals surface area contributed by atoms with E-state index in [1.807, 2.05) is 48.8 Å². The molecule has 0 unspecified atom stereocenters. The number of benzene rings is 1. The molecule has 2 aromatic heterocycles. The van der Waals surface area contributed by atoms with Gasteiger partial charge < -0.3 is 19.2 Å². The summed E-state index contributed by atoms with van der Waals surface area (Å²) < 4.78 is 13.0. The summed E-state index contributed by atoms with van der Waals surface area (Å²) in [4.78, 5) is 16.9. The second-order valence-electron chi connectivity index (χ2n) is 6.24. The van der Waals surface area contributed by atoms with Gasteiger partial charge in [0.2, 0.25) is 0 Å². The van der Waals surface area contributed by atoms with E-state index in [9.17, 15) is 4.79 Å². The van der Waals surface area contributed by atoms with Gasteiger partial charge in [-0.15, -0.1) is 0 Å². The van der Waals surface area contributed by atoms with Gasteiger partial charge in [0.15, 0.2) is 11.5 Å². The number of ether oxygens (including phenoxy) is 2. The molecule has 2 heterocycles. The van der Waals surface area contributed by atoms with Crippen LogP contribution in [0.15, 0.2) is 48.8 Å². The number of carbonyl (C=O) groups is 1. The van der Waals surface area contributed by atoms with E-state index in [2.05, 4.69) is 10.3 Å². The number of nitrogens with one attached hydrogen (secondary N) is 1. The Bertz CT molecular complexity index is 869. The summed E-state index contributed by atoms with van der Waals surface area (Å²) in [5, 5.41) is 2.92. The van der Waals surface area contributed by atoms with Crippen LogP contribution in [0.2, 0.25) is 0 Å². The monoisotopic (exact) mass is 353 g/mol. The zero-order valence-electron chi connectivity index (χ0n) is 15.2. The first-order valence-corrected chi connectivity index (χ1v) is 8.62. The van der Waals surface area contributed by atoms with Crippen LogP contribution in [0, 0.1) is 0 Å². The van der Waals surface area contributed by atoms with Crippen molar-refractivity contribution in [1.82, 2.24) is 14.7 Å². The average molecular weight is 353 g/mol. The third-order valence-corrected chi connectivity index (χ3v) is 3.87. The Balaban J connectivity index is 1.60. The maximum Gasteiger partial charge on any atom is 0.251 e. The molecule has 1 N–H and O–H groups in total. The molecule has 3 rings (SSSR count). The van der Waals surface area contributed by atoms with Gasteiger partial charge in [-0.25, -0.2) is 4.98 Å². The van der Waals surface area contributed by atoms with Crippen LogP contribution in [-0.2, 0) is 6.42 Å². The van der Waals surface area contributed by atoms with Crippen molar-refractivity contribution in [3.63, 3.8) is 0 Å². The minimum absolute atomic E-state index is 0.0361. The SMILES string of the molecule is COc1cc(C(=O)NCCc2cn3ccccc3n2)ccc1OC(C)C. The molecule has 6 nitrogen and oxygen atoms in total. The predicted molar refractivity (Wildman–Crippen MR) is 100.0 cm³/mol. The molecule has 0 aliphatic heterocycles. The van der Waals surface area contributed by atoms with Crippen molar-refractivity contribution in [2.24, 2.45) is 0 Å². The Labute approximate surface area is 152 Å². The van der Waals surface area contributed by atoms with Crippen molar-refractivity contribution in [3.05, 3.63) is 60.0 Å². The molecule has 0 spiro atoms. The second-order valence-corrected chi connectivity index (χ2v) is 6.24. The van der Waals surface area contributed by atoms with Crippen LogP contribution in [0.4, 0.5) is 0 Å². The zero-order chi connectivity index (χ0) is 18.5. The molecule has 26 heavy (non-hydrogen) atoms. The lowest BCUT2D eigenvalue weighted by atomic mass is 10.2. The minimum Gasteiger partial charge on any atom is -0.493 e. The van der Waals surface area contributed by atoms with Crippen molar-refractivity contribution in [2.75, 3.05) is 13.7 Å². The Kier molecular flexibility index (Phi) is 5.41. The molecule has 0 saturated heterocycles. The maximum absolute atomic E-state index is 12.4. The number of fused-ring (bicyclic) bond motifs is 1. The van der Waals surface area contributed by atoms with Gasteiger partial charge >= 0.3 is 0 Å². The molecule has 3 aromatic rings. The molecule has 0 saturated carbocycles. The van der Waals surface area contributed by atoms with Crippen LogP contribution in [0.1, 0.15) is 29.9 Å². The highest BCUT2D eigenvalue weighted by Crippen LogP contribution is 2.28. The summed E-state index contributed by atoms with van der Waals surface area (Å²) in [5.74, 6) is 1.03. The van der Waals surface area contributed by atoms with Gasteiger partial charge in [-0.1, -0.05) is 6.07 Å². The maximum atomic E-state index is 12.4. The number of carbonyl (C=O) groups excluding carboxylic acids is 1. The molecule has 0 aliphatic rings. The van der Waals surface area contributed by atoms with E-state index in [1.165, 1.54) is 0 Å². The number of nitrogens with zero attached hydrogens (tertiary/aromatic N) is 2. The molecule has 0 bridgehead atoms. The van der Waals surface area contributed by atoms with Gasteiger partial charge in [-0.05, 0) is 44.2 Å². The molecular formula is C20H23N3O3. The number of rotatable bonds is 7. The summed E-state index contributed by atoms with van der Waals surface area (Å²) in [7, 11) is 1.56. The first-order chi connectivity index (χ1) is 12.6. The van der Waals surface area contributed by atoms with Gasteiger partial charge in [-0.3, -0.25) is 4.79 Å². The second kappa shape index (κ2) is 7.91. The number of hydrogen-bond donors (Lipinski definition) is 1. The molecule has 0 aliphatic carbocycles. The highest BCUT2D eigenvalue weighted by molar-refractivity contribution is 5.94.